The summed E-state index contributed by atoms with van der Waals surface area (Å²) in [5.74, 6) is 0. The van der Waals surface area contributed by atoms with Crippen LogP contribution in [0.1, 0.15) is 17.7 Å². The number of aryl methyl sites for hydroxylation is 1. The Bertz CT molecular complexity index is 521. The van der Waals surface area contributed by atoms with E-state index in [4.69, 9.17) is 9.72 Å². The molecule has 0 radical (unpaired) electrons. The van der Waals surface area contributed by atoms with Crippen LogP contribution in [-0.2, 0) is 17.6 Å². The van der Waals surface area contributed by atoms with Crippen LogP contribution in [0, 0.1) is 0 Å². The number of nitrogens with zero attached hydrogens (tertiary/aromatic N) is 1. The lowest BCUT2D eigenvalue weighted by Gasteiger charge is -2.23. The average Bonchev–Trinajstić information content (AvgIpc) is 2.35. The first-order valence-corrected chi connectivity index (χ1v) is 5.77. The summed E-state index contributed by atoms with van der Waals surface area (Å²) in [4.78, 5) is 4.73. The number of fused-ring (bicyclic) bond motifs is 2. The largest absolute Gasteiger partial charge is 0.381 e. The van der Waals surface area contributed by atoms with Crippen molar-refractivity contribution in [2.45, 2.75) is 25.4 Å². The average molecular weight is 213 g/mol. The van der Waals surface area contributed by atoms with Gasteiger partial charge in [0.2, 0.25) is 0 Å². The fraction of sp³-hybridized carbons (Fsp3) is 0.357. The van der Waals surface area contributed by atoms with Gasteiger partial charge < -0.3 is 4.74 Å². The Morgan fingerprint density at radius 3 is 3.06 bits per heavy atom. The molecule has 0 fully saturated rings. The smallest absolute Gasteiger partial charge is 0.0705 e. The first kappa shape index (κ1) is 9.79. The van der Waals surface area contributed by atoms with Crippen LogP contribution in [0.15, 0.2) is 30.3 Å². The molecule has 0 bridgehead atoms. The molecule has 0 saturated carbocycles. The molecule has 0 aliphatic heterocycles. The molecule has 1 aromatic carbocycles. The molecule has 2 nitrogen and oxygen atoms in total. The number of hydrogen-bond donors (Lipinski definition) is 0. The molecular formula is C14H15NO. The highest BCUT2D eigenvalue weighted by atomic mass is 16.5. The Morgan fingerprint density at radius 2 is 2.19 bits per heavy atom. The number of hydrogen-bond acceptors (Lipinski definition) is 2. The number of benzene rings is 1. The van der Waals surface area contributed by atoms with Gasteiger partial charge in [-0.3, -0.25) is 4.98 Å². The van der Waals surface area contributed by atoms with Crippen LogP contribution in [0.3, 0.4) is 0 Å². The van der Waals surface area contributed by atoms with Crippen molar-refractivity contribution in [3.63, 3.8) is 0 Å². The van der Waals surface area contributed by atoms with E-state index in [-0.39, 0.29) is 0 Å². The molecule has 1 atom stereocenters. The van der Waals surface area contributed by atoms with Gasteiger partial charge >= 0.3 is 0 Å². The van der Waals surface area contributed by atoms with Crippen LogP contribution in [0.2, 0.25) is 0 Å². The Labute approximate surface area is 95.3 Å². The minimum Gasteiger partial charge on any atom is -0.381 e. The fourth-order valence-electron chi connectivity index (χ4n) is 2.44. The van der Waals surface area contributed by atoms with Crippen molar-refractivity contribution in [3.8, 4) is 0 Å². The van der Waals surface area contributed by atoms with Gasteiger partial charge in [-0.05, 0) is 30.5 Å². The van der Waals surface area contributed by atoms with Crippen LogP contribution in [-0.4, -0.2) is 18.2 Å². The van der Waals surface area contributed by atoms with Crippen molar-refractivity contribution in [3.05, 3.63) is 41.6 Å². The van der Waals surface area contributed by atoms with Crippen molar-refractivity contribution in [1.82, 2.24) is 4.98 Å². The number of pyridine rings is 1. The van der Waals surface area contributed by atoms with E-state index >= 15 is 0 Å². The SMILES string of the molecule is COC1CCc2nc3ccccc3cc2C1. The van der Waals surface area contributed by atoms with Gasteiger partial charge in [0.25, 0.3) is 0 Å². The third-order valence-electron chi connectivity index (χ3n) is 3.38. The zero-order valence-corrected chi connectivity index (χ0v) is 9.44. The second-order valence-corrected chi connectivity index (χ2v) is 4.39. The summed E-state index contributed by atoms with van der Waals surface area (Å²) in [6.45, 7) is 0. The van der Waals surface area contributed by atoms with Crippen molar-refractivity contribution in [2.24, 2.45) is 0 Å². The molecule has 1 aliphatic carbocycles. The van der Waals surface area contributed by atoms with Crippen molar-refractivity contribution in [1.29, 1.82) is 0 Å². The van der Waals surface area contributed by atoms with E-state index in [0.29, 0.717) is 6.10 Å². The molecule has 1 heterocycles. The van der Waals surface area contributed by atoms with Gasteiger partial charge in [-0.1, -0.05) is 18.2 Å². The van der Waals surface area contributed by atoms with Gasteiger partial charge in [0.15, 0.2) is 0 Å². The fourth-order valence-corrected chi connectivity index (χ4v) is 2.44. The normalized spacial score (nSPS) is 19.7. The number of methoxy groups -OCH3 is 1. The highest BCUT2D eigenvalue weighted by Crippen LogP contribution is 2.25. The Balaban J connectivity index is 2.10. The zero-order valence-electron chi connectivity index (χ0n) is 9.44. The Hall–Kier alpha value is -1.41. The predicted molar refractivity (Wildman–Crippen MR) is 64.6 cm³/mol. The molecule has 0 amide bonds. The maximum absolute atomic E-state index is 5.43. The van der Waals surface area contributed by atoms with Gasteiger partial charge in [-0.2, -0.15) is 0 Å². The standard InChI is InChI=1S/C14H15NO/c1-16-12-6-7-14-11(9-12)8-10-4-2-3-5-13(10)15-14/h2-5,8,12H,6-7,9H2,1H3. The molecule has 1 aromatic heterocycles. The number of rotatable bonds is 1. The zero-order chi connectivity index (χ0) is 11.0. The van der Waals surface area contributed by atoms with Crippen LogP contribution in [0.4, 0.5) is 0 Å². The third-order valence-corrected chi connectivity index (χ3v) is 3.38. The lowest BCUT2D eigenvalue weighted by Crippen LogP contribution is -2.21. The third kappa shape index (κ3) is 1.59. The van der Waals surface area contributed by atoms with Crippen LogP contribution in [0.5, 0.6) is 0 Å². The summed E-state index contributed by atoms with van der Waals surface area (Å²) >= 11 is 0. The monoisotopic (exact) mass is 213 g/mol. The van der Waals surface area contributed by atoms with Crippen LogP contribution < -0.4 is 0 Å². The highest BCUT2D eigenvalue weighted by molar-refractivity contribution is 5.79. The molecule has 2 heteroatoms. The van der Waals surface area contributed by atoms with Gasteiger partial charge in [-0.25, -0.2) is 0 Å². The topological polar surface area (TPSA) is 22.1 Å². The molecule has 1 unspecified atom stereocenters. The molecular weight excluding hydrogens is 198 g/mol. The van der Waals surface area contributed by atoms with Gasteiger partial charge in [0.05, 0.1) is 11.6 Å². The summed E-state index contributed by atoms with van der Waals surface area (Å²) in [5, 5.41) is 1.23. The van der Waals surface area contributed by atoms with E-state index in [0.717, 1.165) is 24.8 Å². The van der Waals surface area contributed by atoms with Gasteiger partial charge in [-0.15, -0.1) is 0 Å². The molecule has 0 spiro atoms. The van der Waals surface area contributed by atoms with E-state index in [1.54, 1.807) is 7.11 Å². The first-order valence-electron chi connectivity index (χ1n) is 5.77. The van der Waals surface area contributed by atoms with E-state index < -0.39 is 0 Å². The predicted octanol–water partition coefficient (Wildman–Crippen LogP) is 2.74. The van der Waals surface area contributed by atoms with Crippen molar-refractivity contribution >= 4 is 10.9 Å². The summed E-state index contributed by atoms with van der Waals surface area (Å²) in [6, 6.07) is 10.6. The quantitative estimate of drug-likeness (QED) is 0.726. The number of ether oxygens (including phenoxy) is 1. The number of aromatic nitrogens is 1. The highest BCUT2D eigenvalue weighted by Gasteiger charge is 2.19. The molecule has 3 rings (SSSR count). The first-order chi connectivity index (χ1) is 7.86. The van der Waals surface area contributed by atoms with E-state index in [2.05, 4.69) is 24.3 Å². The number of para-hydroxylation sites is 1. The molecule has 16 heavy (non-hydrogen) atoms. The maximum Gasteiger partial charge on any atom is 0.0705 e. The van der Waals surface area contributed by atoms with Crippen molar-refractivity contribution < 1.29 is 4.74 Å². The van der Waals surface area contributed by atoms with Gasteiger partial charge in [0, 0.05) is 24.6 Å². The molecule has 82 valence electrons. The van der Waals surface area contributed by atoms with Crippen LogP contribution in [0.25, 0.3) is 10.9 Å². The van der Waals surface area contributed by atoms with E-state index in [1.165, 1.54) is 16.6 Å². The molecule has 0 saturated heterocycles. The van der Waals surface area contributed by atoms with Crippen LogP contribution >= 0.6 is 0 Å². The molecule has 1 aliphatic rings. The van der Waals surface area contributed by atoms with Gasteiger partial charge in [0.1, 0.15) is 0 Å². The lowest BCUT2D eigenvalue weighted by atomic mass is 9.92. The second kappa shape index (κ2) is 3.87. The van der Waals surface area contributed by atoms with Crippen molar-refractivity contribution in [2.75, 3.05) is 7.11 Å². The summed E-state index contributed by atoms with van der Waals surface area (Å²) in [5.41, 5.74) is 3.72. The second-order valence-electron chi connectivity index (χ2n) is 4.39. The molecule has 2 aromatic rings. The van der Waals surface area contributed by atoms with E-state index in [9.17, 15) is 0 Å². The summed E-state index contributed by atoms with van der Waals surface area (Å²) in [6.07, 6.45) is 3.51. The Morgan fingerprint density at radius 1 is 1.31 bits per heavy atom. The minimum atomic E-state index is 0.371. The van der Waals surface area contributed by atoms with E-state index in [1.807, 2.05) is 6.07 Å². The molecule has 0 N–H and O–H groups in total. The Kier molecular flexibility index (Phi) is 2.37. The maximum atomic E-state index is 5.43. The minimum absolute atomic E-state index is 0.371. The lowest BCUT2D eigenvalue weighted by molar-refractivity contribution is 0.0906. The summed E-state index contributed by atoms with van der Waals surface area (Å²) < 4.78 is 5.43. The summed E-state index contributed by atoms with van der Waals surface area (Å²) in [7, 11) is 1.80.